The van der Waals surface area contributed by atoms with Crippen molar-refractivity contribution in [3.8, 4) is 0 Å². The van der Waals surface area contributed by atoms with Crippen LogP contribution in [0.4, 0.5) is 5.69 Å². The van der Waals surface area contributed by atoms with E-state index in [0.717, 1.165) is 31.2 Å². The zero-order valence-electron chi connectivity index (χ0n) is 11.1. The molecule has 20 heavy (non-hydrogen) atoms. The zero-order valence-corrected chi connectivity index (χ0v) is 11.1. The fourth-order valence-corrected chi connectivity index (χ4v) is 2.63. The third-order valence-electron chi connectivity index (χ3n) is 3.77. The van der Waals surface area contributed by atoms with Crippen LogP contribution in [-0.2, 0) is 4.79 Å². The van der Waals surface area contributed by atoms with E-state index in [9.17, 15) is 14.9 Å². The van der Waals surface area contributed by atoms with Crippen molar-refractivity contribution in [1.29, 1.82) is 0 Å². The van der Waals surface area contributed by atoms with Gasteiger partial charge in [-0.05, 0) is 37.2 Å². The highest BCUT2D eigenvalue weighted by atomic mass is 16.6. The Hall–Kier alpha value is -2.17. The molecule has 5 nitrogen and oxygen atoms in total. The second kappa shape index (κ2) is 6.32. The molecule has 1 saturated carbocycles. The van der Waals surface area contributed by atoms with E-state index >= 15 is 0 Å². The third-order valence-corrected chi connectivity index (χ3v) is 3.77. The monoisotopic (exact) mass is 275 g/mol. The second-order valence-electron chi connectivity index (χ2n) is 5.08. The lowest BCUT2D eigenvalue weighted by molar-refractivity contribution is -0.384. The molecule has 0 atom stereocenters. The van der Waals surface area contributed by atoms with Crippen LogP contribution in [0, 0.1) is 10.1 Å². The number of carboxylic acid groups (broad SMARTS) is 1. The van der Waals surface area contributed by atoms with Crippen molar-refractivity contribution < 1.29 is 14.8 Å². The van der Waals surface area contributed by atoms with Crippen molar-refractivity contribution >= 4 is 11.7 Å². The van der Waals surface area contributed by atoms with E-state index in [-0.39, 0.29) is 12.1 Å². The number of benzene rings is 1. The number of nitro benzene ring substituents is 1. The van der Waals surface area contributed by atoms with Gasteiger partial charge in [0.25, 0.3) is 5.69 Å². The number of carboxylic acids is 1. The number of hydrogen-bond acceptors (Lipinski definition) is 3. The maximum atomic E-state index is 10.6. The highest BCUT2D eigenvalue weighted by molar-refractivity contribution is 5.68. The summed E-state index contributed by atoms with van der Waals surface area (Å²) < 4.78 is 0. The second-order valence-corrected chi connectivity index (χ2v) is 5.08. The van der Waals surface area contributed by atoms with Crippen LogP contribution in [0.1, 0.15) is 43.6 Å². The van der Waals surface area contributed by atoms with Crippen LogP contribution in [0.15, 0.2) is 35.9 Å². The number of non-ortho nitro benzene ring substituents is 1. The third kappa shape index (κ3) is 3.66. The normalized spacial score (nSPS) is 18.6. The molecule has 0 radical (unpaired) electrons. The Bertz CT molecular complexity index is 523. The summed E-state index contributed by atoms with van der Waals surface area (Å²) in [6.45, 7) is 0. The molecule has 2 rings (SSSR count). The summed E-state index contributed by atoms with van der Waals surface area (Å²) >= 11 is 0. The van der Waals surface area contributed by atoms with Crippen LogP contribution >= 0.6 is 0 Å². The molecule has 1 N–H and O–H groups in total. The van der Waals surface area contributed by atoms with E-state index in [1.165, 1.54) is 5.57 Å². The van der Waals surface area contributed by atoms with E-state index in [0.29, 0.717) is 5.92 Å². The molecule has 106 valence electrons. The van der Waals surface area contributed by atoms with Gasteiger partial charge in [-0.15, -0.1) is 0 Å². The van der Waals surface area contributed by atoms with E-state index in [2.05, 4.69) is 0 Å². The van der Waals surface area contributed by atoms with Gasteiger partial charge in [-0.2, -0.15) is 0 Å². The van der Waals surface area contributed by atoms with Crippen molar-refractivity contribution in [2.45, 2.75) is 38.0 Å². The lowest BCUT2D eigenvalue weighted by atomic mass is 9.81. The lowest BCUT2D eigenvalue weighted by Gasteiger charge is -2.24. The van der Waals surface area contributed by atoms with Crippen molar-refractivity contribution in [2.75, 3.05) is 0 Å². The summed E-state index contributed by atoms with van der Waals surface area (Å²) in [4.78, 5) is 20.7. The first kappa shape index (κ1) is 14.2. The fraction of sp³-hybridized carbons (Fsp3) is 0.400. The molecule has 5 heteroatoms. The molecule has 1 aliphatic rings. The Morgan fingerprint density at radius 3 is 2.40 bits per heavy atom. The summed E-state index contributed by atoms with van der Waals surface area (Å²) in [6, 6.07) is 6.75. The number of carbonyl (C=O) groups is 1. The summed E-state index contributed by atoms with van der Waals surface area (Å²) in [6.07, 6.45) is 5.68. The molecule has 1 fully saturated rings. The number of nitrogens with zero attached hydrogens (tertiary/aromatic N) is 1. The lowest BCUT2D eigenvalue weighted by Crippen LogP contribution is -2.07. The molecule has 1 aromatic rings. The van der Waals surface area contributed by atoms with Gasteiger partial charge in [0, 0.05) is 12.1 Å². The predicted molar refractivity (Wildman–Crippen MR) is 74.6 cm³/mol. The minimum Gasteiger partial charge on any atom is -0.481 e. The number of aliphatic carboxylic acids is 1. The summed E-state index contributed by atoms with van der Waals surface area (Å²) in [5.41, 5.74) is 2.46. The molecule has 0 amide bonds. The first-order valence-corrected chi connectivity index (χ1v) is 6.70. The van der Waals surface area contributed by atoms with E-state index in [4.69, 9.17) is 5.11 Å². The number of rotatable bonds is 4. The minimum atomic E-state index is -0.796. The Balaban J connectivity index is 1.95. The molecule has 1 aromatic carbocycles. The number of allylic oxidation sites excluding steroid dienone is 1. The van der Waals surface area contributed by atoms with Crippen molar-refractivity contribution in [1.82, 2.24) is 0 Å². The molecule has 0 aromatic heterocycles. The van der Waals surface area contributed by atoms with Gasteiger partial charge in [-0.1, -0.05) is 23.8 Å². The molecule has 0 saturated heterocycles. The molecule has 1 aliphatic carbocycles. The molecule has 0 aliphatic heterocycles. The van der Waals surface area contributed by atoms with Gasteiger partial charge in [0.05, 0.1) is 11.3 Å². The smallest absolute Gasteiger partial charge is 0.307 e. The van der Waals surface area contributed by atoms with Crippen molar-refractivity contribution in [2.24, 2.45) is 0 Å². The summed E-state index contributed by atoms with van der Waals surface area (Å²) in [5.74, 6) is -0.382. The van der Waals surface area contributed by atoms with E-state index in [1.54, 1.807) is 12.1 Å². The van der Waals surface area contributed by atoms with Crippen LogP contribution in [0.3, 0.4) is 0 Å². The summed E-state index contributed by atoms with van der Waals surface area (Å²) in [7, 11) is 0. The first-order chi connectivity index (χ1) is 9.56. The Morgan fingerprint density at radius 1 is 1.30 bits per heavy atom. The maximum Gasteiger partial charge on any atom is 0.307 e. The van der Waals surface area contributed by atoms with Gasteiger partial charge < -0.3 is 5.11 Å². The maximum absolute atomic E-state index is 10.6. The SMILES string of the molecule is O=C(O)CC=C1CCC(c2ccc([N+](=O)[O-])cc2)CC1. The average molecular weight is 275 g/mol. The van der Waals surface area contributed by atoms with Crippen molar-refractivity contribution in [3.63, 3.8) is 0 Å². The Kier molecular flexibility index (Phi) is 4.50. The molecular formula is C15H17NO4. The molecule has 0 heterocycles. The van der Waals surface area contributed by atoms with Crippen LogP contribution in [0.5, 0.6) is 0 Å². The topological polar surface area (TPSA) is 80.4 Å². The van der Waals surface area contributed by atoms with E-state index < -0.39 is 10.9 Å². The Morgan fingerprint density at radius 2 is 1.90 bits per heavy atom. The van der Waals surface area contributed by atoms with Gasteiger partial charge in [0.1, 0.15) is 0 Å². The standard InChI is InChI=1S/C15H17NO4/c17-15(18)10-3-11-1-4-12(5-2-11)13-6-8-14(9-7-13)16(19)20/h3,6-9,12H,1-2,4-5,10H2,(H,17,18). The quantitative estimate of drug-likeness (QED) is 0.516. The highest BCUT2D eigenvalue weighted by Crippen LogP contribution is 2.36. The number of hydrogen-bond donors (Lipinski definition) is 1. The first-order valence-electron chi connectivity index (χ1n) is 6.70. The van der Waals surface area contributed by atoms with Crippen LogP contribution in [0.25, 0.3) is 0 Å². The van der Waals surface area contributed by atoms with Gasteiger partial charge >= 0.3 is 5.97 Å². The molecular weight excluding hydrogens is 258 g/mol. The minimum absolute atomic E-state index is 0.0948. The zero-order chi connectivity index (χ0) is 14.5. The average Bonchev–Trinajstić information content (AvgIpc) is 2.46. The fourth-order valence-electron chi connectivity index (χ4n) is 2.63. The van der Waals surface area contributed by atoms with Crippen LogP contribution in [-0.4, -0.2) is 16.0 Å². The molecule has 0 bridgehead atoms. The predicted octanol–water partition coefficient (Wildman–Crippen LogP) is 3.65. The van der Waals surface area contributed by atoms with Crippen LogP contribution in [0.2, 0.25) is 0 Å². The van der Waals surface area contributed by atoms with Crippen molar-refractivity contribution in [3.05, 3.63) is 51.6 Å². The molecule has 0 unspecified atom stereocenters. The summed E-state index contributed by atoms with van der Waals surface area (Å²) in [5, 5.41) is 19.3. The molecule has 0 spiro atoms. The van der Waals surface area contributed by atoms with Gasteiger partial charge in [-0.3, -0.25) is 14.9 Å². The van der Waals surface area contributed by atoms with Gasteiger partial charge in [0.15, 0.2) is 0 Å². The highest BCUT2D eigenvalue weighted by Gasteiger charge is 2.19. The largest absolute Gasteiger partial charge is 0.481 e. The van der Waals surface area contributed by atoms with Crippen LogP contribution < -0.4 is 0 Å². The number of nitro groups is 1. The van der Waals surface area contributed by atoms with Gasteiger partial charge in [0.2, 0.25) is 0 Å². The Labute approximate surface area is 117 Å². The van der Waals surface area contributed by atoms with E-state index in [1.807, 2.05) is 18.2 Å². The van der Waals surface area contributed by atoms with Gasteiger partial charge in [-0.25, -0.2) is 0 Å².